The van der Waals surface area contributed by atoms with Crippen molar-refractivity contribution in [2.45, 2.75) is 38.9 Å². The van der Waals surface area contributed by atoms with E-state index in [4.69, 9.17) is 9.47 Å². The summed E-state index contributed by atoms with van der Waals surface area (Å²) in [6.45, 7) is 6.17. The van der Waals surface area contributed by atoms with Crippen molar-refractivity contribution in [1.29, 1.82) is 0 Å². The Bertz CT molecular complexity index is 416. The van der Waals surface area contributed by atoms with Crippen LogP contribution in [0.1, 0.15) is 26.7 Å². The van der Waals surface area contributed by atoms with Crippen molar-refractivity contribution in [3.63, 3.8) is 0 Å². The Morgan fingerprint density at radius 2 is 1.39 bits per heavy atom. The van der Waals surface area contributed by atoms with Crippen LogP contribution in [0.5, 0.6) is 0 Å². The molecule has 0 heterocycles. The van der Waals surface area contributed by atoms with Crippen LogP contribution in [0.25, 0.3) is 0 Å². The lowest BCUT2D eigenvalue weighted by atomic mass is 10.2. The van der Waals surface area contributed by atoms with Crippen molar-refractivity contribution in [3.05, 3.63) is 30.3 Å². The highest BCUT2D eigenvalue weighted by Crippen LogP contribution is 2.15. The van der Waals surface area contributed by atoms with Crippen molar-refractivity contribution in [1.82, 2.24) is 0 Å². The van der Waals surface area contributed by atoms with E-state index in [9.17, 15) is 9.59 Å². The Labute approximate surface area is 138 Å². The van der Waals surface area contributed by atoms with Crippen LogP contribution in [-0.2, 0) is 19.1 Å². The van der Waals surface area contributed by atoms with Gasteiger partial charge in [0.05, 0.1) is 0 Å². The molecule has 2 unspecified atom stereocenters. The summed E-state index contributed by atoms with van der Waals surface area (Å²) in [6, 6.07) is 9.95. The molecule has 5 heteroatoms. The van der Waals surface area contributed by atoms with E-state index in [0.717, 1.165) is 18.3 Å². The number of aldehydes is 2. The number of rotatable bonds is 13. The summed E-state index contributed by atoms with van der Waals surface area (Å²) in [5, 5.41) is 0. The largest absolute Gasteiger partial charge is 0.371 e. The first-order chi connectivity index (χ1) is 11.2. The molecule has 0 amide bonds. The maximum absolute atomic E-state index is 11.0. The highest BCUT2D eigenvalue weighted by Gasteiger charge is 2.14. The molecule has 0 aromatic heterocycles. The Kier molecular flexibility index (Phi) is 9.91. The number of benzene rings is 1. The molecule has 5 nitrogen and oxygen atoms in total. The maximum atomic E-state index is 11.0. The fourth-order valence-corrected chi connectivity index (χ4v) is 2.38. The normalized spacial score (nSPS) is 13.3. The van der Waals surface area contributed by atoms with Crippen LogP contribution in [0.4, 0.5) is 5.69 Å². The van der Waals surface area contributed by atoms with Crippen molar-refractivity contribution < 1.29 is 19.1 Å². The van der Waals surface area contributed by atoms with Gasteiger partial charge in [-0.1, -0.05) is 18.2 Å². The number of ether oxygens (including phenoxy) is 2. The summed E-state index contributed by atoms with van der Waals surface area (Å²) in [5.74, 6) is 0. The standard InChI is InChI=1S/C18H27NO4/c1-3-22-17(14-20)10-12-19(16-8-6-5-7-9-16)13-11-18(15-21)23-4-2/h5-9,14-15,17-18H,3-4,10-13H2,1-2H3. The van der Waals surface area contributed by atoms with Crippen LogP contribution < -0.4 is 4.90 Å². The van der Waals surface area contributed by atoms with Gasteiger partial charge in [-0.05, 0) is 38.8 Å². The van der Waals surface area contributed by atoms with Crippen LogP contribution in [0.2, 0.25) is 0 Å². The Balaban J connectivity index is 2.66. The predicted molar refractivity (Wildman–Crippen MR) is 90.8 cm³/mol. The molecule has 128 valence electrons. The summed E-state index contributed by atoms with van der Waals surface area (Å²) < 4.78 is 10.8. The van der Waals surface area contributed by atoms with Gasteiger partial charge < -0.3 is 24.0 Å². The second-order valence-electron chi connectivity index (χ2n) is 5.16. The Hall–Kier alpha value is -1.72. The molecule has 0 aliphatic rings. The Morgan fingerprint density at radius 1 is 0.913 bits per heavy atom. The summed E-state index contributed by atoms with van der Waals surface area (Å²) in [4.78, 5) is 24.2. The zero-order chi connectivity index (χ0) is 16.9. The molecule has 0 N–H and O–H groups in total. The smallest absolute Gasteiger partial charge is 0.148 e. The highest BCUT2D eigenvalue weighted by atomic mass is 16.5. The van der Waals surface area contributed by atoms with E-state index in [2.05, 4.69) is 4.90 Å². The van der Waals surface area contributed by atoms with Crippen molar-refractivity contribution >= 4 is 18.3 Å². The first-order valence-corrected chi connectivity index (χ1v) is 8.18. The lowest BCUT2D eigenvalue weighted by Gasteiger charge is -2.27. The van der Waals surface area contributed by atoms with Gasteiger partial charge in [0.1, 0.15) is 24.8 Å². The zero-order valence-electron chi connectivity index (χ0n) is 14.0. The van der Waals surface area contributed by atoms with E-state index < -0.39 is 0 Å². The molecule has 0 aliphatic carbocycles. The van der Waals surface area contributed by atoms with Gasteiger partial charge in [0.25, 0.3) is 0 Å². The van der Waals surface area contributed by atoms with Crippen LogP contribution in [0.15, 0.2) is 30.3 Å². The average Bonchev–Trinajstić information content (AvgIpc) is 2.60. The molecule has 1 aromatic carbocycles. The predicted octanol–water partition coefficient (Wildman–Crippen LogP) is 2.48. The molecule has 0 fully saturated rings. The highest BCUT2D eigenvalue weighted by molar-refractivity contribution is 5.57. The first-order valence-electron chi connectivity index (χ1n) is 8.18. The summed E-state index contributed by atoms with van der Waals surface area (Å²) >= 11 is 0. The second-order valence-corrected chi connectivity index (χ2v) is 5.16. The number of carbonyl (C=O) groups is 2. The molecule has 1 rings (SSSR count). The van der Waals surface area contributed by atoms with Crippen LogP contribution in [0.3, 0.4) is 0 Å². The third-order valence-corrected chi connectivity index (χ3v) is 3.55. The van der Waals surface area contributed by atoms with Crippen LogP contribution in [0, 0.1) is 0 Å². The lowest BCUT2D eigenvalue weighted by molar-refractivity contribution is -0.118. The molecule has 2 atom stereocenters. The SMILES string of the molecule is CCOC(C=O)CCN(CCC(C=O)OCC)c1ccccc1. The van der Waals surface area contributed by atoms with Crippen LogP contribution >= 0.6 is 0 Å². The fourth-order valence-electron chi connectivity index (χ4n) is 2.38. The molecule has 0 bridgehead atoms. The minimum atomic E-state index is -0.389. The second kappa shape index (κ2) is 11.8. The third-order valence-electron chi connectivity index (χ3n) is 3.55. The van der Waals surface area contributed by atoms with Gasteiger partial charge in [0.2, 0.25) is 0 Å². The minimum absolute atomic E-state index is 0.389. The third kappa shape index (κ3) is 7.39. The van der Waals surface area contributed by atoms with E-state index in [1.165, 1.54) is 0 Å². The van der Waals surface area contributed by atoms with Gasteiger partial charge >= 0.3 is 0 Å². The summed E-state index contributed by atoms with van der Waals surface area (Å²) in [5.41, 5.74) is 1.06. The Morgan fingerprint density at radius 3 is 1.78 bits per heavy atom. The molecule has 0 saturated heterocycles. The number of anilines is 1. The molecular weight excluding hydrogens is 294 g/mol. The van der Waals surface area contributed by atoms with Gasteiger partial charge in [0.15, 0.2) is 0 Å². The van der Waals surface area contributed by atoms with E-state index in [0.29, 0.717) is 39.1 Å². The molecule has 1 aromatic rings. The first kappa shape index (κ1) is 19.3. The van der Waals surface area contributed by atoms with Gasteiger partial charge in [-0.15, -0.1) is 0 Å². The van der Waals surface area contributed by atoms with E-state index in [1.54, 1.807) is 0 Å². The van der Waals surface area contributed by atoms with E-state index in [1.807, 2.05) is 44.2 Å². The molecular formula is C18H27NO4. The van der Waals surface area contributed by atoms with Crippen molar-refractivity contribution in [2.75, 3.05) is 31.2 Å². The van der Waals surface area contributed by atoms with Crippen LogP contribution in [-0.4, -0.2) is 51.1 Å². The van der Waals surface area contributed by atoms with Crippen molar-refractivity contribution in [2.24, 2.45) is 0 Å². The van der Waals surface area contributed by atoms with Gasteiger partial charge in [-0.25, -0.2) is 0 Å². The van der Waals surface area contributed by atoms with Gasteiger partial charge in [0, 0.05) is 32.0 Å². The number of hydrogen-bond donors (Lipinski definition) is 0. The minimum Gasteiger partial charge on any atom is -0.371 e. The summed E-state index contributed by atoms with van der Waals surface area (Å²) in [7, 11) is 0. The number of nitrogens with zero attached hydrogens (tertiary/aromatic N) is 1. The number of carbonyl (C=O) groups excluding carboxylic acids is 2. The molecule has 0 saturated carbocycles. The average molecular weight is 321 g/mol. The monoisotopic (exact) mass is 321 g/mol. The number of hydrogen-bond acceptors (Lipinski definition) is 5. The fraction of sp³-hybridized carbons (Fsp3) is 0.556. The van der Waals surface area contributed by atoms with Gasteiger partial charge in [-0.3, -0.25) is 0 Å². The van der Waals surface area contributed by atoms with E-state index >= 15 is 0 Å². The maximum Gasteiger partial charge on any atom is 0.148 e. The number of para-hydroxylation sites is 1. The van der Waals surface area contributed by atoms with Crippen molar-refractivity contribution in [3.8, 4) is 0 Å². The summed E-state index contributed by atoms with van der Waals surface area (Å²) in [6.07, 6.45) is 2.15. The molecule has 23 heavy (non-hydrogen) atoms. The molecule has 0 spiro atoms. The quantitative estimate of drug-likeness (QED) is 0.522. The van der Waals surface area contributed by atoms with E-state index in [-0.39, 0.29) is 12.2 Å². The zero-order valence-corrected chi connectivity index (χ0v) is 14.0. The molecule has 0 radical (unpaired) electrons. The lowest BCUT2D eigenvalue weighted by Crippen LogP contribution is -2.32. The topological polar surface area (TPSA) is 55.8 Å². The molecule has 0 aliphatic heterocycles. The van der Waals surface area contributed by atoms with Gasteiger partial charge in [-0.2, -0.15) is 0 Å².